The van der Waals surface area contributed by atoms with Gasteiger partial charge in [0, 0.05) is 31.2 Å². The van der Waals surface area contributed by atoms with Gasteiger partial charge < -0.3 is 14.6 Å². The quantitative estimate of drug-likeness (QED) is 0.816. The summed E-state index contributed by atoms with van der Waals surface area (Å²) in [6, 6.07) is 1.55. The third kappa shape index (κ3) is 3.97. The van der Waals surface area contributed by atoms with Crippen molar-refractivity contribution < 1.29 is 17.6 Å². The Morgan fingerprint density at radius 1 is 1.38 bits per heavy atom. The minimum atomic E-state index is -3.88. The summed E-state index contributed by atoms with van der Waals surface area (Å²) in [5, 5.41) is 8.39. The maximum absolute atomic E-state index is 12.4. The number of halogens is 1. The van der Waals surface area contributed by atoms with E-state index in [2.05, 4.69) is 5.32 Å². The van der Waals surface area contributed by atoms with Gasteiger partial charge in [-0.05, 0) is 20.8 Å². The number of carbonyl (C=O) groups excluding carboxylic acids is 1. The first-order chi connectivity index (χ1) is 9.18. The first-order valence-corrected chi connectivity index (χ1v) is 7.91. The minimum absolute atomic E-state index is 0. The lowest BCUT2D eigenvalue weighted by molar-refractivity contribution is 0.0640. The molecule has 2 rings (SSSR count). The highest BCUT2D eigenvalue weighted by Gasteiger charge is 2.29. The Bertz CT molecular complexity index is 618. The molecule has 1 aliphatic rings. The average molecular weight is 338 g/mol. The molecule has 2 unspecified atom stereocenters. The number of aryl methyl sites for hydroxylation is 1. The summed E-state index contributed by atoms with van der Waals surface area (Å²) in [5.41, 5.74) is 0. The van der Waals surface area contributed by atoms with Crippen molar-refractivity contribution in [3.05, 3.63) is 17.6 Å². The van der Waals surface area contributed by atoms with Crippen LogP contribution >= 0.6 is 12.4 Å². The van der Waals surface area contributed by atoms with Crippen molar-refractivity contribution in [2.24, 2.45) is 5.14 Å². The molecular formula is C12H20ClN3O4S. The molecule has 0 spiro atoms. The van der Waals surface area contributed by atoms with Crippen LogP contribution in [0.4, 0.5) is 0 Å². The van der Waals surface area contributed by atoms with Crippen LogP contribution in [0.15, 0.2) is 15.4 Å². The Morgan fingerprint density at radius 2 is 1.90 bits per heavy atom. The van der Waals surface area contributed by atoms with E-state index in [0.717, 1.165) is 0 Å². The molecule has 2 heterocycles. The second kappa shape index (κ2) is 6.35. The molecule has 1 aromatic rings. The van der Waals surface area contributed by atoms with Crippen molar-refractivity contribution in [1.82, 2.24) is 10.2 Å². The van der Waals surface area contributed by atoms with E-state index in [0.29, 0.717) is 13.1 Å². The lowest BCUT2D eigenvalue weighted by Crippen LogP contribution is -2.55. The maximum Gasteiger partial charge on any atom is 0.289 e. The minimum Gasteiger partial charge on any atom is -0.455 e. The number of hydrogen-bond donors (Lipinski definition) is 2. The Morgan fingerprint density at radius 3 is 2.33 bits per heavy atom. The molecule has 1 saturated heterocycles. The number of furan rings is 1. The molecule has 0 aliphatic carbocycles. The summed E-state index contributed by atoms with van der Waals surface area (Å²) in [6.07, 6.45) is 0. The standard InChI is InChI=1S/C12H19N3O4S.ClH/c1-7-5-15(6-8(2)14-7)12(16)10-4-11(9(3)19-10)20(13,17)18;/h4,7-8,14H,5-6H2,1-3H3,(H2,13,17,18);1H. The van der Waals surface area contributed by atoms with E-state index in [9.17, 15) is 13.2 Å². The number of nitrogens with two attached hydrogens (primary N) is 1. The first-order valence-electron chi connectivity index (χ1n) is 6.37. The van der Waals surface area contributed by atoms with Crippen molar-refractivity contribution in [3.63, 3.8) is 0 Å². The SMILES string of the molecule is Cc1oc(C(=O)N2CC(C)NC(C)C2)cc1S(N)(=O)=O.Cl. The molecule has 1 fully saturated rings. The fourth-order valence-corrected chi connectivity index (χ4v) is 3.22. The van der Waals surface area contributed by atoms with Crippen LogP contribution in [0.25, 0.3) is 0 Å². The van der Waals surface area contributed by atoms with E-state index in [1.807, 2.05) is 13.8 Å². The Hall–Kier alpha value is -1.09. The first kappa shape index (κ1) is 18.0. The van der Waals surface area contributed by atoms with Crippen molar-refractivity contribution in [1.29, 1.82) is 0 Å². The molecule has 9 heteroatoms. The van der Waals surface area contributed by atoms with Crippen molar-refractivity contribution in [3.8, 4) is 0 Å². The molecule has 7 nitrogen and oxygen atoms in total. The second-order valence-corrected chi connectivity index (χ2v) is 6.78. The maximum atomic E-state index is 12.4. The molecule has 1 amide bonds. The molecule has 0 saturated carbocycles. The molecule has 0 radical (unpaired) electrons. The van der Waals surface area contributed by atoms with E-state index in [1.54, 1.807) is 4.90 Å². The highest BCUT2D eigenvalue weighted by molar-refractivity contribution is 7.89. The van der Waals surface area contributed by atoms with Crippen LogP contribution in [0.5, 0.6) is 0 Å². The van der Waals surface area contributed by atoms with Gasteiger partial charge in [-0.25, -0.2) is 13.6 Å². The Kier molecular flexibility index (Phi) is 5.43. The largest absolute Gasteiger partial charge is 0.455 e. The Labute approximate surface area is 130 Å². The van der Waals surface area contributed by atoms with Gasteiger partial charge in [-0.15, -0.1) is 12.4 Å². The average Bonchev–Trinajstić information content (AvgIpc) is 2.68. The lowest BCUT2D eigenvalue weighted by Gasteiger charge is -2.35. The van der Waals surface area contributed by atoms with Gasteiger partial charge in [0.25, 0.3) is 5.91 Å². The molecular weight excluding hydrogens is 318 g/mol. The summed E-state index contributed by atoms with van der Waals surface area (Å²) in [7, 11) is -3.88. The fourth-order valence-electron chi connectivity index (χ4n) is 2.50. The number of nitrogens with one attached hydrogen (secondary N) is 1. The molecule has 2 atom stereocenters. The molecule has 1 aromatic heterocycles. The van der Waals surface area contributed by atoms with Gasteiger partial charge in [-0.3, -0.25) is 4.79 Å². The number of nitrogens with zero attached hydrogens (tertiary/aromatic N) is 1. The van der Waals surface area contributed by atoms with Crippen LogP contribution in [0.2, 0.25) is 0 Å². The van der Waals surface area contributed by atoms with Gasteiger partial charge >= 0.3 is 0 Å². The summed E-state index contributed by atoms with van der Waals surface area (Å²) in [6.45, 7) is 6.54. The molecule has 0 bridgehead atoms. The zero-order valence-corrected chi connectivity index (χ0v) is 13.8. The van der Waals surface area contributed by atoms with Gasteiger partial charge in [-0.1, -0.05) is 0 Å². The molecule has 21 heavy (non-hydrogen) atoms. The number of carbonyl (C=O) groups is 1. The molecule has 120 valence electrons. The van der Waals surface area contributed by atoms with Crippen LogP contribution < -0.4 is 10.5 Å². The second-order valence-electron chi connectivity index (χ2n) is 5.25. The number of amides is 1. The van der Waals surface area contributed by atoms with Gasteiger partial charge in [-0.2, -0.15) is 0 Å². The summed E-state index contributed by atoms with van der Waals surface area (Å²) in [5.74, 6) is -0.178. The number of piperazine rings is 1. The highest BCUT2D eigenvalue weighted by Crippen LogP contribution is 2.20. The molecule has 3 N–H and O–H groups in total. The van der Waals surface area contributed by atoms with E-state index in [1.165, 1.54) is 13.0 Å². The zero-order valence-electron chi connectivity index (χ0n) is 12.1. The van der Waals surface area contributed by atoms with Crippen molar-refractivity contribution >= 4 is 28.3 Å². The number of rotatable bonds is 2. The number of hydrogen-bond acceptors (Lipinski definition) is 5. The van der Waals surface area contributed by atoms with Gasteiger partial charge in [0.1, 0.15) is 10.7 Å². The summed E-state index contributed by atoms with van der Waals surface area (Å²) in [4.78, 5) is 13.9. The van der Waals surface area contributed by atoms with Crippen molar-refractivity contribution in [2.45, 2.75) is 37.8 Å². The van der Waals surface area contributed by atoms with Crippen LogP contribution in [-0.4, -0.2) is 44.4 Å². The lowest BCUT2D eigenvalue weighted by atomic mass is 10.1. The number of primary sulfonamides is 1. The van der Waals surface area contributed by atoms with Crippen LogP contribution in [0.1, 0.15) is 30.2 Å². The van der Waals surface area contributed by atoms with Crippen molar-refractivity contribution in [2.75, 3.05) is 13.1 Å². The van der Waals surface area contributed by atoms with Gasteiger partial charge in [0.05, 0.1) is 0 Å². The molecule has 1 aliphatic heterocycles. The Balaban J connectivity index is 0.00000220. The third-order valence-electron chi connectivity index (χ3n) is 3.23. The normalized spacial score (nSPS) is 22.8. The number of sulfonamides is 1. The van der Waals surface area contributed by atoms with Crippen LogP contribution in [0.3, 0.4) is 0 Å². The zero-order chi connectivity index (χ0) is 15.1. The molecule has 0 aromatic carbocycles. The predicted molar refractivity (Wildman–Crippen MR) is 80.0 cm³/mol. The predicted octanol–water partition coefficient (Wildman–Crippen LogP) is 0.480. The van der Waals surface area contributed by atoms with Gasteiger partial charge in [0.15, 0.2) is 5.76 Å². The fraction of sp³-hybridized carbons (Fsp3) is 0.583. The van der Waals surface area contributed by atoms with E-state index < -0.39 is 10.0 Å². The summed E-state index contributed by atoms with van der Waals surface area (Å²) >= 11 is 0. The highest BCUT2D eigenvalue weighted by atomic mass is 35.5. The monoisotopic (exact) mass is 337 g/mol. The topological polar surface area (TPSA) is 106 Å². The van der Waals surface area contributed by atoms with E-state index in [4.69, 9.17) is 9.56 Å². The summed E-state index contributed by atoms with van der Waals surface area (Å²) < 4.78 is 28.0. The van der Waals surface area contributed by atoms with E-state index >= 15 is 0 Å². The third-order valence-corrected chi connectivity index (χ3v) is 4.25. The van der Waals surface area contributed by atoms with Crippen LogP contribution in [-0.2, 0) is 10.0 Å². The smallest absolute Gasteiger partial charge is 0.289 e. The van der Waals surface area contributed by atoms with Gasteiger partial charge in [0.2, 0.25) is 10.0 Å². The van der Waals surface area contributed by atoms with E-state index in [-0.39, 0.29) is 46.8 Å². The van der Waals surface area contributed by atoms with Crippen LogP contribution in [0, 0.1) is 6.92 Å².